The number of unbranched alkanes of at least 4 members (excludes halogenated alkanes) is 1. The van der Waals surface area contributed by atoms with Gasteiger partial charge in [-0.05, 0) is 24.6 Å². The fraction of sp³-hybridized carbons (Fsp3) is 0.385. The summed E-state index contributed by atoms with van der Waals surface area (Å²) in [5, 5.41) is 21.1. The first-order valence-electron chi connectivity index (χ1n) is 5.77. The maximum Gasteiger partial charge on any atom is 0.326 e. The Balaban J connectivity index is 2.78. The van der Waals surface area contributed by atoms with Gasteiger partial charge >= 0.3 is 5.97 Å². The number of carboxylic acid groups (broad SMARTS) is 1. The van der Waals surface area contributed by atoms with Gasteiger partial charge in [0.05, 0.1) is 10.6 Å². The van der Waals surface area contributed by atoms with E-state index >= 15 is 0 Å². The Bertz CT molecular complexity index is 469. The quantitative estimate of drug-likeness (QED) is 0.829. The molecule has 0 aromatic heterocycles. The maximum atomic E-state index is 11.1. The van der Waals surface area contributed by atoms with Crippen molar-refractivity contribution in [2.45, 2.75) is 32.2 Å². The van der Waals surface area contributed by atoms with Gasteiger partial charge < -0.3 is 10.4 Å². The maximum absolute atomic E-state index is 11.1. The minimum absolute atomic E-state index is 0.321. The molecule has 96 valence electrons. The van der Waals surface area contributed by atoms with Crippen LogP contribution in [0, 0.1) is 11.3 Å². The van der Waals surface area contributed by atoms with Crippen LogP contribution in [0.5, 0.6) is 0 Å². The minimum atomic E-state index is -0.885. The molecule has 0 aliphatic rings. The highest BCUT2D eigenvalue weighted by molar-refractivity contribution is 6.32. The molecule has 0 radical (unpaired) electrons. The lowest BCUT2D eigenvalue weighted by molar-refractivity contribution is -0.138. The zero-order valence-electron chi connectivity index (χ0n) is 10.1. The number of nitrogens with zero attached hydrogens (tertiary/aromatic N) is 1. The molecule has 1 rings (SSSR count). The number of aliphatic carboxylic acids is 1. The average Bonchev–Trinajstić information content (AvgIpc) is 2.34. The van der Waals surface area contributed by atoms with E-state index in [4.69, 9.17) is 22.0 Å². The van der Waals surface area contributed by atoms with Gasteiger partial charge in [-0.25, -0.2) is 4.79 Å². The summed E-state index contributed by atoms with van der Waals surface area (Å²) < 4.78 is 0. The van der Waals surface area contributed by atoms with Crippen molar-refractivity contribution in [2.75, 3.05) is 5.32 Å². The number of benzene rings is 1. The number of halogens is 1. The minimum Gasteiger partial charge on any atom is -0.480 e. The predicted octanol–water partition coefficient (Wildman–Crippen LogP) is 3.27. The van der Waals surface area contributed by atoms with Crippen molar-refractivity contribution in [1.29, 1.82) is 5.26 Å². The van der Waals surface area contributed by atoms with Gasteiger partial charge in [0.25, 0.3) is 0 Å². The molecule has 0 aliphatic carbocycles. The number of rotatable bonds is 6. The van der Waals surface area contributed by atoms with E-state index in [1.807, 2.05) is 13.0 Å². The Morgan fingerprint density at radius 1 is 1.61 bits per heavy atom. The fourth-order valence-electron chi connectivity index (χ4n) is 1.56. The largest absolute Gasteiger partial charge is 0.480 e. The van der Waals surface area contributed by atoms with Gasteiger partial charge in [0.2, 0.25) is 0 Å². The zero-order valence-corrected chi connectivity index (χ0v) is 10.9. The first-order valence-corrected chi connectivity index (χ1v) is 6.15. The number of carboxylic acids is 1. The lowest BCUT2D eigenvalue weighted by atomic mass is 10.1. The second-order valence-electron chi connectivity index (χ2n) is 3.98. The molecular weight excluding hydrogens is 252 g/mol. The Morgan fingerprint density at radius 2 is 2.33 bits per heavy atom. The summed E-state index contributed by atoms with van der Waals surface area (Å²) in [6, 6.07) is 6.13. The normalized spacial score (nSPS) is 11.6. The SMILES string of the molecule is CCCCC(Nc1ccc(C#N)c(Cl)c1)C(=O)O. The predicted molar refractivity (Wildman–Crippen MR) is 70.7 cm³/mol. The van der Waals surface area contributed by atoms with E-state index in [0.717, 1.165) is 12.8 Å². The molecular formula is C13H15ClN2O2. The number of hydrogen-bond donors (Lipinski definition) is 2. The van der Waals surface area contributed by atoms with Crippen molar-refractivity contribution < 1.29 is 9.90 Å². The summed E-state index contributed by atoms with van der Waals surface area (Å²) in [4.78, 5) is 11.1. The van der Waals surface area contributed by atoms with E-state index < -0.39 is 12.0 Å². The number of hydrogen-bond acceptors (Lipinski definition) is 3. The van der Waals surface area contributed by atoms with Crippen LogP contribution in [0.3, 0.4) is 0 Å². The summed E-state index contributed by atoms with van der Waals surface area (Å²) in [5.74, 6) is -0.885. The van der Waals surface area contributed by atoms with Crippen molar-refractivity contribution in [2.24, 2.45) is 0 Å². The van der Waals surface area contributed by atoms with Gasteiger partial charge in [0.15, 0.2) is 0 Å². The molecule has 4 nitrogen and oxygen atoms in total. The van der Waals surface area contributed by atoms with E-state index in [2.05, 4.69) is 5.32 Å². The van der Waals surface area contributed by atoms with Crippen molar-refractivity contribution in [3.63, 3.8) is 0 Å². The molecule has 1 atom stereocenters. The molecule has 18 heavy (non-hydrogen) atoms. The zero-order chi connectivity index (χ0) is 13.5. The number of anilines is 1. The second-order valence-corrected chi connectivity index (χ2v) is 4.39. The Kier molecular flexibility index (Phi) is 5.47. The summed E-state index contributed by atoms with van der Waals surface area (Å²) in [5.41, 5.74) is 0.991. The van der Waals surface area contributed by atoms with Crippen LogP contribution >= 0.6 is 11.6 Å². The first-order chi connectivity index (χ1) is 8.58. The third kappa shape index (κ3) is 3.94. The molecule has 0 bridgehead atoms. The molecule has 2 N–H and O–H groups in total. The molecule has 0 aliphatic heterocycles. The van der Waals surface area contributed by atoms with E-state index in [1.54, 1.807) is 18.2 Å². The monoisotopic (exact) mass is 266 g/mol. The summed E-state index contributed by atoms with van der Waals surface area (Å²) >= 11 is 5.89. The average molecular weight is 267 g/mol. The molecule has 5 heteroatoms. The van der Waals surface area contributed by atoms with Crippen LogP contribution in [0.1, 0.15) is 31.7 Å². The first kappa shape index (κ1) is 14.3. The van der Waals surface area contributed by atoms with Crippen LogP contribution in [-0.4, -0.2) is 17.1 Å². The van der Waals surface area contributed by atoms with Crippen LogP contribution in [0.25, 0.3) is 0 Å². The van der Waals surface area contributed by atoms with E-state index in [9.17, 15) is 4.79 Å². The molecule has 1 aromatic rings. The van der Waals surface area contributed by atoms with E-state index in [1.165, 1.54) is 0 Å². The van der Waals surface area contributed by atoms with Crippen LogP contribution in [0.15, 0.2) is 18.2 Å². The third-order valence-electron chi connectivity index (χ3n) is 2.57. The van der Waals surface area contributed by atoms with Crippen LogP contribution in [0.4, 0.5) is 5.69 Å². The molecule has 0 saturated heterocycles. The van der Waals surface area contributed by atoms with Crippen molar-refractivity contribution >= 4 is 23.3 Å². The lowest BCUT2D eigenvalue weighted by Gasteiger charge is -2.15. The highest BCUT2D eigenvalue weighted by Gasteiger charge is 2.16. The third-order valence-corrected chi connectivity index (χ3v) is 2.89. The van der Waals surface area contributed by atoms with Gasteiger partial charge in [0, 0.05) is 5.69 Å². The number of carbonyl (C=O) groups is 1. The Labute approximate surface area is 111 Å². The topological polar surface area (TPSA) is 73.1 Å². The molecule has 0 amide bonds. The van der Waals surface area contributed by atoms with Gasteiger partial charge in [-0.2, -0.15) is 5.26 Å². The molecule has 0 heterocycles. The van der Waals surface area contributed by atoms with Crippen molar-refractivity contribution in [1.82, 2.24) is 0 Å². The Hall–Kier alpha value is -1.73. The summed E-state index contributed by atoms with van der Waals surface area (Å²) in [7, 11) is 0. The van der Waals surface area contributed by atoms with E-state index in [0.29, 0.717) is 22.7 Å². The van der Waals surface area contributed by atoms with Crippen LogP contribution in [0.2, 0.25) is 5.02 Å². The molecule has 1 aromatic carbocycles. The second kappa shape index (κ2) is 6.87. The highest BCUT2D eigenvalue weighted by atomic mass is 35.5. The summed E-state index contributed by atoms with van der Waals surface area (Å²) in [6.45, 7) is 2.01. The molecule has 0 fully saturated rings. The van der Waals surface area contributed by atoms with Gasteiger partial charge in [-0.1, -0.05) is 31.4 Å². The lowest BCUT2D eigenvalue weighted by Crippen LogP contribution is -2.29. The van der Waals surface area contributed by atoms with Gasteiger partial charge in [-0.15, -0.1) is 0 Å². The van der Waals surface area contributed by atoms with Crippen molar-refractivity contribution in [3.8, 4) is 6.07 Å². The summed E-state index contributed by atoms with van der Waals surface area (Å²) in [6.07, 6.45) is 2.34. The molecule has 0 saturated carbocycles. The number of nitrogens with one attached hydrogen (secondary N) is 1. The number of nitriles is 1. The molecule has 0 spiro atoms. The Morgan fingerprint density at radius 3 is 2.83 bits per heavy atom. The van der Waals surface area contributed by atoms with Gasteiger partial charge in [0.1, 0.15) is 12.1 Å². The highest BCUT2D eigenvalue weighted by Crippen LogP contribution is 2.21. The molecule has 1 unspecified atom stereocenters. The van der Waals surface area contributed by atoms with Gasteiger partial charge in [-0.3, -0.25) is 0 Å². The fourth-order valence-corrected chi connectivity index (χ4v) is 1.79. The smallest absolute Gasteiger partial charge is 0.326 e. The standard InChI is InChI=1S/C13H15ClN2O2/c1-2-3-4-12(13(17)18)16-10-6-5-9(8-15)11(14)7-10/h5-7,12,16H,2-4H2,1H3,(H,17,18). The van der Waals surface area contributed by atoms with E-state index in [-0.39, 0.29) is 0 Å². The van der Waals surface area contributed by atoms with Crippen LogP contribution < -0.4 is 5.32 Å². The van der Waals surface area contributed by atoms with Crippen LogP contribution in [-0.2, 0) is 4.79 Å². The van der Waals surface area contributed by atoms with Crippen molar-refractivity contribution in [3.05, 3.63) is 28.8 Å².